The molecule has 0 atom stereocenters. The molecular formula is C19H22N2. The first-order valence-electron chi connectivity index (χ1n) is 7.95. The van der Waals surface area contributed by atoms with E-state index < -0.39 is 0 Å². The van der Waals surface area contributed by atoms with Crippen molar-refractivity contribution < 1.29 is 0 Å². The monoisotopic (exact) mass is 278 g/mol. The van der Waals surface area contributed by atoms with Crippen LogP contribution >= 0.6 is 0 Å². The average Bonchev–Trinajstić information content (AvgIpc) is 3.29. The maximum atomic E-state index is 3.79. The highest BCUT2D eigenvalue weighted by molar-refractivity contribution is 5.63. The quantitative estimate of drug-likeness (QED) is 0.906. The van der Waals surface area contributed by atoms with Crippen molar-refractivity contribution in [3.63, 3.8) is 0 Å². The summed E-state index contributed by atoms with van der Waals surface area (Å²) in [7, 11) is 2.19. The van der Waals surface area contributed by atoms with Crippen LogP contribution in [0, 0.1) is 0 Å². The van der Waals surface area contributed by atoms with Gasteiger partial charge in [0.25, 0.3) is 0 Å². The maximum absolute atomic E-state index is 3.79. The second-order valence-corrected chi connectivity index (χ2v) is 6.44. The summed E-state index contributed by atoms with van der Waals surface area (Å²) in [5.41, 5.74) is 5.75. The van der Waals surface area contributed by atoms with Crippen LogP contribution in [0.4, 0.5) is 11.4 Å². The summed E-state index contributed by atoms with van der Waals surface area (Å²) in [6, 6.07) is 17.7. The Hall–Kier alpha value is -1.96. The standard InChI is InChI=1S/C19H22N2/c1-21-13-5-6-15-14-17(9-10-18(15)21)20-19(11-12-19)16-7-3-2-4-8-16/h2-4,7-10,14,20H,5-6,11-13H2,1H3. The van der Waals surface area contributed by atoms with Gasteiger partial charge in [-0.15, -0.1) is 0 Å². The summed E-state index contributed by atoms with van der Waals surface area (Å²) in [6.07, 6.45) is 4.92. The fourth-order valence-corrected chi connectivity index (χ4v) is 3.51. The zero-order valence-corrected chi connectivity index (χ0v) is 12.6. The van der Waals surface area contributed by atoms with Crippen molar-refractivity contribution in [2.75, 3.05) is 23.8 Å². The molecule has 108 valence electrons. The molecule has 21 heavy (non-hydrogen) atoms. The van der Waals surface area contributed by atoms with Crippen molar-refractivity contribution >= 4 is 11.4 Å². The number of aryl methyl sites for hydroxylation is 1. The highest BCUT2D eigenvalue weighted by atomic mass is 15.1. The molecule has 1 fully saturated rings. The Morgan fingerprint density at radius 2 is 1.86 bits per heavy atom. The van der Waals surface area contributed by atoms with Gasteiger partial charge in [-0.05, 0) is 55.0 Å². The van der Waals surface area contributed by atoms with E-state index in [0.717, 1.165) is 0 Å². The van der Waals surface area contributed by atoms with E-state index in [4.69, 9.17) is 0 Å². The third-order valence-corrected chi connectivity index (χ3v) is 4.89. The third kappa shape index (κ3) is 2.29. The smallest absolute Gasteiger partial charge is 0.0627 e. The van der Waals surface area contributed by atoms with Crippen molar-refractivity contribution in [1.82, 2.24) is 0 Å². The SMILES string of the molecule is CN1CCCc2cc(NC3(c4ccccc4)CC3)ccc21. The fraction of sp³-hybridized carbons (Fsp3) is 0.368. The van der Waals surface area contributed by atoms with Crippen LogP contribution < -0.4 is 10.2 Å². The zero-order chi connectivity index (χ0) is 14.3. The van der Waals surface area contributed by atoms with Crippen LogP contribution in [0.1, 0.15) is 30.4 Å². The van der Waals surface area contributed by atoms with E-state index in [0.29, 0.717) is 0 Å². The summed E-state index contributed by atoms with van der Waals surface area (Å²) in [5, 5.41) is 3.79. The van der Waals surface area contributed by atoms with Crippen LogP contribution in [0.2, 0.25) is 0 Å². The van der Waals surface area contributed by atoms with Crippen molar-refractivity contribution in [1.29, 1.82) is 0 Å². The van der Waals surface area contributed by atoms with E-state index in [-0.39, 0.29) is 5.54 Å². The molecule has 0 spiro atoms. The van der Waals surface area contributed by atoms with Gasteiger partial charge in [0.2, 0.25) is 0 Å². The Balaban J connectivity index is 1.61. The van der Waals surface area contributed by atoms with Gasteiger partial charge in [-0.3, -0.25) is 0 Å². The van der Waals surface area contributed by atoms with Gasteiger partial charge in [-0.1, -0.05) is 30.3 Å². The molecule has 1 N–H and O–H groups in total. The second-order valence-electron chi connectivity index (χ2n) is 6.44. The minimum atomic E-state index is 0.177. The minimum absolute atomic E-state index is 0.177. The molecule has 2 aromatic rings. The Kier molecular flexibility index (Phi) is 2.91. The lowest BCUT2D eigenvalue weighted by atomic mass is 10.00. The Morgan fingerprint density at radius 3 is 2.62 bits per heavy atom. The predicted molar refractivity (Wildman–Crippen MR) is 89.0 cm³/mol. The molecular weight excluding hydrogens is 256 g/mol. The predicted octanol–water partition coefficient (Wildman–Crippen LogP) is 4.17. The average molecular weight is 278 g/mol. The number of hydrogen-bond acceptors (Lipinski definition) is 2. The van der Waals surface area contributed by atoms with Crippen molar-refractivity contribution in [2.24, 2.45) is 0 Å². The molecule has 0 bridgehead atoms. The molecule has 2 aromatic carbocycles. The van der Waals surface area contributed by atoms with Gasteiger partial charge in [0, 0.05) is 25.0 Å². The molecule has 1 saturated carbocycles. The Labute approximate surface area is 126 Å². The van der Waals surface area contributed by atoms with Crippen molar-refractivity contribution in [2.45, 2.75) is 31.2 Å². The molecule has 0 amide bonds. The highest BCUT2D eigenvalue weighted by Gasteiger charge is 2.44. The summed E-state index contributed by atoms with van der Waals surface area (Å²) < 4.78 is 0. The number of benzene rings is 2. The van der Waals surface area contributed by atoms with Gasteiger partial charge in [0.15, 0.2) is 0 Å². The van der Waals surface area contributed by atoms with Crippen molar-refractivity contribution in [3.05, 3.63) is 59.7 Å². The molecule has 1 aliphatic carbocycles. The van der Waals surface area contributed by atoms with E-state index >= 15 is 0 Å². The van der Waals surface area contributed by atoms with Crippen LogP contribution in [0.15, 0.2) is 48.5 Å². The Morgan fingerprint density at radius 1 is 1.05 bits per heavy atom. The fourth-order valence-electron chi connectivity index (χ4n) is 3.51. The number of hydrogen-bond donors (Lipinski definition) is 1. The first-order chi connectivity index (χ1) is 10.3. The van der Waals surface area contributed by atoms with Crippen LogP contribution in [0.5, 0.6) is 0 Å². The lowest BCUT2D eigenvalue weighted by Gasteiger charge is -2.28. The van der Waals surface area contributed by atoms with E-state index in [2.05, 4.69) is 65.8 Å². The van der Waals surface area contributed by atoms with Gasteiger partial charge >= 0.3 is 0 Å². The molecule has 4 rings (SSSR count). The first kappa shape index (κ1) is 12.8. The van der Waals surface area contributed by atoms with E-state index in [9.17, 15) is 0 Å². The van der Waals surface area contributed by atoms with Gasteiger partial charge in [0.05, 0.1) is 5.54 Å². The van der Waals surface area contributed by atoms with Gasteiger partial charge in [-0.25, -0.2) is 0 Å². The van der Waals surface area contributed by atoms with Crippen LogP contribution in [-0.2, 0) is 12.0 Å². The van der Waals surface area contributed by atoms with Crippen LogP contribution in [-0.4, -0.2) is 13.6 Å². The molecule has 1 heterocycles. The number of fused-ring (bicyclic) bond motifs is 1. The number of nitrogens with zero attached hydrogens (tertiary/aromatic N) is 1. The van der Waals surface area contributed by atoms with Gasteiger partial charge in [0.1, 0.15) is 0 Å². The normalized spacial score (nSPS) is 19.0. The molecule has 2 aliphatic rings. The van der Waals surface area contributed by atoms with Crippen molar-refractivity contribution in [3.8, 4) is 0 Å². The molecule has 0 aromatic heterocycles. The number of nitrogens with one attached hydrogen (secondary N) is 1. The zero-order valence-electron chi connectivity index (χ0n) is 12.6. The number of anilines is 2. The molecule has 2 nitrogen and oxygen atoms in total. The van der Waals surface area contributed by atoms with Crippen LogP contribution in [0.25, 0.3) is 0 Å². The van der Waals surface area contributed by atoms with E-state index in [1.807, 2.05) is 0 Å². The highest BCUT2D eigenvalue weighted by Crippen LogP contribution is 2.48. The summed E-state index contributed by atoms with van der Waals surface area (Å²) in [6.45, 7) is 1.17. The molecule has 2 heteroatoms. The third-order valence-electron chi connectivity index (χ3n) is 4.89. The number of rotatable bonds is 3. The topological polar surface area (TPSA) is 15.3 Å². The molecule has 0 saturated heterocycles. The second kappa shape index (κ2) is 4.80. The first-order valence-corrected chi connectivity index (χ1v) is 7.95. The minimum Gasteiger partial charge on any atom is -0.376 e. The lowest BCUT2D eigenvalue weighted by Crippen LogP contribution is -2.25. The molecule has 1 aliphatic heterocycles. The lowest BCUT2D eigenvalue weighted by molar-refractivity contribution is 0.743. The summed E-state index contributed by atoms with van der Waals surface area (Å²) in [5.74, 6) is 0. The van der Waals surface area contributed by atoms with Crippen LogP contribution in [0.3, 0.4) is 0 Å². The summed E-state index contributed by atoms with van der Waals surface area (Å²) >= 11 is 0. The largest absolute Gasteiger partial charge is 0.376 e. The van der Waals surface area contributed by atoms with E-state index in [1.165, 1.54) is 54.7 Å². The van der Waals surface area contributed by atoms with Gasteiger partial charge in [-0.2, -0.15) is 0 Å². The molecule has 0 radical (unpaired) electrons. The Bertz CT molecular complexity index is 644. The molecule has 0 unspecified atom stereocenters. The summed E-state index contributed by atoms with van der Waals surface area (Å²) in [4.78, 5) is 2.37. The van der Waals surface area contributed by atoms with Gasteiger partial charge < -0.3 is 10.2 Å². The van der Waals surface area contributed by atoms with E-state index in [1.54, 1.807) is 0 Å². The maximum Gasteiger partial charge on any atom is 0.0627 e.